The molecule has 3 unspecified atom stereocenters. The minimum absolute atomic E-state index is 0.0184. The van der Waals surface area contributed by atoms with Crippen LogP contribution >= 0.6 is 0 Å². The highest BCUT2D eigenvalue weighted by Gasteiger charge is 2.12. The molecule has 3 N–H and O–H groups in total. The summed E-state index contributed by atoms with van der Waals surface area (Å²) in [6, 6.07) is 0.137. The maximum atomic E-state index is 11.5. The second kappa shape index (κ2) is 8.50. The number of aliphatic hydroxyl groups is 1. The van der Waals surface area contributed by atoms with Gasteiger partial charge >= 0.3 is 0 Å². The van der Waals surface area contributed by atoms with Crippen LogP contribution in [-0.4, -0.2) is 50.0 Å². The number of amides is 1. The maximum absolute atomic E-state index is 11.5. The molecule has 3 atom stereocenters. The highest BCUT2D eigenvalue weighted by Crippen LogP contribution is 1.99. The molecule has 0 rings (SSSR count). The van der Waals surface area contributed by atoms with E-state index in [2.05, 4.69) is 10.6 Å². The third kappa shape index (κ3) is 6.76. The fraction of sp³-hybridized carbons (Fsp3) is 0.909. The molecule has 0 aromatic heterocycles. The van der Waals surface area contributed by atoms with Crippen LogP contribution in [0.2, 0.25) is 0 Å². The van der Waals surface area contributed by atoms with E-state index in [1.165, 1.54) is 0 Å². The summed E-state index contributed by atoms with van der Waals surface area (Å²) in [7, 11) is 1.60. The largest absolute Gasteiger partial charge is 0.396 e. The van der Waals surface area contributed by atoms with Crippen molar-refractivity contribution in [2.24, 2.45) is 5.92 Å². The second-order valence-electron chi connectivity index (χ2n) is 4.25. The summed E-state index contributed by atoms with van der Waals surface area (Å²) in [5.74, 6) is 0.0886. The maximum Gasteiger partial charge on any atom is 0.234 e. The molecule has 1 amide bonds. The molecule has 0 heterocycles. The van der Waals surface area contributed by atoms with Gasteiger partial charge in [-0.1, -0.05) is 6.92 Å². The summed E-state index contributed by atoms with van der Waals surface area (Å²) >= 11 is 0. The number of methoxy groups -OCH3 is 1. The number of carbonyl (C=O) groups is 1. The number of aliphatic hydroxyl groups excluding tert-OH is 1. The molecule has 0 aromatic carbocycles. The van der Waals surface area contributed by atoms with Crippen LogP contribution in [-0.2, 0) is 9.53 Å². The third-order valence-corrected chi connectivity index (χ3v) is 2.55. The van der Waals surface area contributed by atoms with Gasteiger partial charge in [-0.2, -0.15) is 0 Å². The Bertz CT molecular complexity index is 200. The Kier molecular flexibility index (Phi) is 8.15. The zero-order valence-corrected chi connectivity index (χ0v) is 10.6. The molecule has 0 radical (unpaired) electrons. The van der Waals surface area contributed by atoms with E-state index in [0.717, 1.165) is 0 Å². The molecule has 0 aliphatic carbocycles. The smallest absolute Gasteiger partial charge is 0.234 e. The van der Waals surface area contributed by atoms with Crippen molar-refractivity contribution in [3.8, 4) is 0 Å². The van der Waals surface area contributed by atoms with Crippen LogP contribution in [0.3, 0.4) is 0 Å². The van der Waals surface area contributed by atoms with Gasteiger partial charge in [0.1, 0.15) is 0 Å². The van der Waals surface area contributed by atoms with E-state index in [9.17, 15) is 4.79 Å². The van der Waals surface area contributed by atoms with Gasteiger partial charge in [-0.05, 0) is 19.8 Å². The molecule has 0 fully saturated rings. The molecule has 0 bridgehead atoms. The summed E-state index contributed by atoms with van der Waals surface area (Å²) in [4.78, 5) is 11.5. The Morgan fingerprint density at radius 1 is 1.38 bits per heavy atom. The van der Waals surface area contributed by atoms with Crippen LogP contribution in [0, 0.1) is 5.92 Å². The summed E-state index contributed by atoms with van der Waals surface area (Å²) in [5.41, 5.74) is 0. The zero-order valence-electron chi connectivity index (χ0n) is 10.6. The Labute approximate surface area is 97.6 Å². The van der Waals surface area contributed by atoms with E-state index in [0.29, 0.717) is 6.61 Å². The number of hydrogen-bond acceptors (Lipinski definition) is 4. The minimum Gasteiger partial charge on any atom is -0.396 e. The molecule has 0 aliphatic heterocycles. The van der Waals surface area contributed by atoms with Gasteiger partial charge in [0.05, 0.1) is 13.2 Å². The highest BCUT2D eigenvalue weighted by atomic mass is 16.5. The van der Waals surface area contributed by atoms with Crippen molar-refractivity contribution in [1.82, 2.24) is 10.6 Å². The van der Waals surface area contributed by atoms with Crippen LogP contribution in [0.4, 0.5) is 0 Å². The van der Waals surface area contributed by atoms with Crippen LogP contribution in [0.15, 0.2) is 0 Å². The van der Waals surface area contributed by atoms with Crippen LogP contribution in [0.1, 0.15) is 20.8 Å². The van der Waals surface area contributed by atoms with Gasteiger partial charge in [0.15, 0.2) is 0 Å². The highest BCUT2D eigenvalue weighted by molar-refractivity contribution is 5.78. The lowest BCUT2D eigenvalue weighted by Gasteiger charge is -2.20. The molecule has 0 saturated heterocycles. The molecule has 0 spiro atoms. The summed E-state index contributed by atoms with van der Waals surface area (Å²) in [6.07, 6.45) is 0. The minimum atomic E-state index is -0.0541. The molecule has 96 valence electrons. The van der Waals surface area contributed by atoms with Gasteiger partial charge < -0.3 is 20.5 Å². The number of nitrogens with one attached hydrogen (secondary N) is 2. The van der Waals surface area contributed by atoms with Crippen molar-refractivity contribution < 1.29 is 14.6 Å². The Morgan fingerprint density at radius 2 is 2.00 bits per heavy atom. The first-order valence-corrected chi connectivity index (χ1v) is 5.63. The number of hydrogen-bond donors (Lipinski definition) is 3. The van der Waals surface area contributed by atoms with Crippen LogP contribution < -0.4 is 10.6 Å². The van der Waals surface area contributed by atoms with E-state index >= 15 is 0 Å². The van der Waals surface area contributed by atoms with Crippen molar-refractivity contribution in [3.05, 3.63) is 0 Å². The predicted molar refractivity (Wildman–Crippen MR) is 63.2 cm³/mol. The number of rotatable bonds is 8. The zero-order chi connectivity index (χ0) is 12.6. The summed E-state index contributed by atoms with van der Waals surface area (Å²) < 4.78 is 4.92. The van der Waals surface area contributed by atoms with Crippen LogP contribution in [0.25, 0.3) is 0 Å². The normalized spacial score (nSPS) is 16.6. The average Bonchev–Trinajstić information content (AvgIpc) is 2.24. The fourth-order valence-electron chi connectivity index (χ4n) is 1.23. The van der Waals surface area contributed by atoms with Gasteiger partial charge in [0.2, 0.25) is 5.91 Å². The first-order chi connectivity index (χ1) is 7.51. The topological polar surface area (TPSA) is 70.6 Å². The molecule has 0 aliphatic rings. The lowest BCUT2D eigenvalue weighted by molar-refractivity contribution is -0.121. The summed E-state index contributed by atoms with van der Waals surface area (Å²) in [5, 5.41) is 14.8. The first-order valence-electron chi connectivity index (χ1n) is 5.63. The fourth-order valence-corrected chi connectivity index (χ4v) is 1.23. The molecule has 0 saturated carbocycles. The van der Waals surface area contributed by atoms with E-state index in [-0.39, 0.29) is 37.1 Å². The van der Waals surface area contributed by atoms with Crippen molar-refractivity contribution in [3.63, 3.8) is 0 Å². The van der Waals surface area contributed by atoms with Crippen molar-refractivity contribution in [1.29, 1.82) is 0 Å². The number of ether oxygens (including phenoxy) is 1. The van der Waals surface area contributed by atoms with Crippen LogP contribution in [0.5, 0.6) is 0 Å². The van der Waals surface area contributed by atoms with E-state index in [1.54, 1.807) is 7.11 Å². The van der Waals surface area contributed by atoms with E-state index in [1.807, 2.05) is 20.8 Å². The molecule has 16 heavy (non-hydrogen) atoms. The van der Waals surface area contributed by atoms with Crippen molar-refractivity contribution in [2.45, 2.75) is 32.9 Å². The average molecular weight is 232 g/mol. The monoisotopic (exact) mass is 232 g/mol. The lowest BCUT2D eigenvalue weighted by Crippen LogP contribution is -2.44. The quantitative estimate of drug-likeness (QED) is 0.539. The third-order valence-electron chi connectivity index (χ3n) is 2.55. The lowest BCUT2D eigenvalue weighted by atomic mass is 10.1. The molecule has 5 heteroatoms. The molecular weight excluding hydrogens is 208 g/mol. The Hall–Kier alpha value is -0.650. The van der Waals surface area contributed by atoms with Gasteiger partial charge in [0.25, 0.3) is 0 Å². The number of carbonyl (C=O) groups excluding carboxylic acids is 1. The first kappa shape index (κ1) is 15.3. The second-order valence-corrected chi connectivity index (χ2v) is 4.25. The van der Waals surface area contributed by atoms with E-state index < -0.39 is 0 Å². The molecule has 0 aromatic rings. The van der Waals surface area contributed by atoms with E-state index in [4.69, 9.17) is 9.84 Å². The Balaban J connectivity index is 3.72. The van der Waals surface area contributed by atoms with Gasteiger partial charge in [-0.3, -0.25) is 4.79 Å². The van der Waals surface area contributed by atoms with Crippen molar-refractivity contribution >= 4 is 5.91 Å². The van der Waals surface area contributed by atoms with Gasteiger partial charge in [-0.25, -0.2) is 0 Å². The van der Waals surface area contributed by atoms with Gasteiger partial charge in [-0.15, -0.1) is 0 Å². The standard InChI is InChI=1S/C11H24N2O3/c1-8(6-14)10(3)12-5-11(15)13-9(2)7-16-4/h8-10,12,14H,5-7H2,1-4H3,(H,13,15). The van der Waals surface area contributed by atoms with Crippen molar-refractivity contribution in [2.75, 3.05) is 26.9 Å². The predicted octanol–water partition coefficient (Wildman–Crippen LogP) is -0.256. The Morgan fingerprint density at radius 3 is 2.50 bits per heavy atom. The molecule has 5 nitrogen and oxygen atoms in total. The summed E-state index contributed by atoms with van der Waals surface area (Å²) in [6.45, 7) is 6.67. The van der Waals surface area contributed by atoms with Gasteiger partial charge in [0, 0.05) is 25.8 Å². The SMILES string of the molecule is COCC(C)NC(=O)CNC(C)C(C)CO. The molecular formula is C11H24N2O3.